The number of para-hydroxylation sites is 5. The average molecular weight is 1660 g/mol. The Morgan fingerprint density at radius 1 is 0.162 bits per heavy atom. The lowest BCUT2D eigenvalue weighted by molar-refractivity contribution is 0.660. The molecule has 0 fully saturated rings. The summed E-state index contributed by atoms with van der Waals surface area (Å²) in [7, 11) is 0. The minimum atomic E-state index is -0.0426. The van der Waals surface area contributed by atoms with Crippen LogP contribution in [0.2, 0.25) is 0 Å². The van der Waals surface area contributed by atoms with Crippen LogP contribution in [-0.2, 0) is 10.8 Å². The fourth-order valence-electron chi connectivity index (χ4n) is 20.7. The van der Waals surface area contributed by atoms with E-state index in [-0.39, 0.29) is 10.8 Å². The molecule has 20 aromatic carbocycles. The summed E-state index contributed by atoms with van der Waals surface area (Å²) in [5.41, 5.74) is 43.5. The molecule has 2 heterocycles. The van der Waals surface area contributed by atoms with Gasteiger partial charge in [0.1, 0.15) is 0 Å². The molecule has 0 spiro atoms. The first-order valence-electron chi connectivity index (χ1n) is 45.2. The molecule has 0 saturated carbocycles. The molecule has 0 N–H and O–H groups in total. The molecule has 0 atom stereocenters. The van der Waals surface area contributed by atoms with Crippen LogP contribution < -0.4 is 9.80 Å². The van der Waals surface area contributed by atoms with Crippen LogP contribution >= 0.6 is 0 Å². The van der Waals surface area contributed by atoms with Gasteiger partial charge in [0, 0.05) is 77.6 Å². The van der Waals surface area contributed by atoms with Crippen LogP contribution in [0.5, 0.6) is 0 Å². The minimum absolute atomic E-state index is 0.0407. The SMILES string of the molecule is CC1(C)c2ccccc2-c2cc(-n3c4ccccc4c4ccc(-c5cccc(-c6ccccc6N(c6ccc(-c7ccccc7)cc6)c6ccc(-c7ccccc7)cc6)c5)cc43)ccc21.CC1(C)c2ccccc2-c2cc(-n3c4ccccc4c4ccc(-c5cccc(-c6ccccc6N(c6ccccc6)c6ccc(-c7cccc(-c8ccccc8)c7)cc6)c5)cc43)ccc21. The fraction of sp³-hybridized carbons (Fsp3) is 0.0476. The topological polar surface area (TPSA) is 16.3 Å². The number of benzene rings is 20. The monoisotopic (exact) mass is 1660 g/mol. The molecule has 130 heavy (non-hydrogen) atoms. The molecule has 4 heteroatoms. The van der Waals surface area contributed by atoms with Crippen LogP contribution in [0.1, 0.15) is 49.9 Å². The van der Waals surface area contributed by atoms with E-state index in [1.54, 1.807) is 0 Å². The van der Waals surface area contributed by atoms with Gasteiger partial charge in [0.15, 0.2) is 0 Å². The maximum absolute atomic E-state index is 2.46. The molecule has 0 aliphatic heterocycles. The first-order valence-corrected chi connectivity index (χ1v) is 45.2. The molecular weight excluding hydrogens is 1570 g/mol. The van der Waals surface area contributed by atoms with E-state index in [4.69, 9.17) is 0 Å². The maximum Gasteiger partial charge on any atom is 0.0547 e. The molecule has 0 radical (unpaired) electrons. The summed E-state index contributed by atoms with van der Waals surface area (Å²) >= 11 is 0. The number of aromatic nitrogens is 2. The van der Waals surface area contributed by atoms with Crippen LogP contribution in [0, 0.1) is 0 Å². The van der Waals surface area contributed by atoms with Crippen molar-refractivity contribution in [2.24, 2.45) is 0 Å². The molecule has 0 unspecified atom stereocenters. The van der Waals surface area contributed by atoms with E-state index >= 15 is 0 Å². The lowest BCUT2D eigenvalue weighted by Gasteiger charge is -2.28. The molecule has 0 bridgehead atoms. The highest BCUT2D eigenvalue weighted by molar-refractivity contribution is 6.12. The molecule has 22 aromatic rings. The van der Waals surface area contributed by atoms with Gasteiger partial charge in [0.05, 0.1) is 33.4 Å². The Kier molecular flexibility index (Phi) is 19.6. The Morgan fingerprint density at radius 3 is 0.831 bits per heavy atom. The van der Waals surface area contributed by atoms with E-state index < -0.39 is 0 Å². The molecule has 0 saturated heterocycles. The highest BCUT2D eigenvalue weighted by Crippen LogP contribution is 2.53. The minimum Gasteiger partial charge on any atom is -0.310 e. The zero-order valence-electron chi connectivity index (χ0n) is 73.0. The van der Waals surface area contributed by atoms with Gasteiger partial charge >= 0.3 is 0 Å². The number of nitrogens with zero attached hydrogens (tertiary/aromatic N) is 4. The third kappa shape index (κ3) is 13.9. The number of anilines is 6. The number of rotatable bonds is 16. The van der Waals surface area contributed by atoms with Crippen molar-refractivity contribution in [3.8, 4) is 123 Å². The van der Waals surface area contributed by atoms with Crippen LogP contribution in [0.15, 0.2) is 485 Å². The van der Waals surface area contributed by atoms with Crippen LogP contribution in [0.3, 0.4) is 0 Å². The number of hydrogen-bond donors (Lipinski definition) is 0. The van der Waals surface area contributed by atoms with Crippen molar-refractivity contribution >= 4 is 77.7 Å². The third-order valence-corrected chi connectivity index (χ3v) is 27.2. The van der Waals surface area contributed by atoms with E-state index in [1.807, 2.05) is 0 Å². The highest BCUT2D eigenvalue weighted by Gasteiger charge is 2.37. The lowest BCUT2D eigenvalue weighted by Crippen LogP contribution is -2.14. The smallest absolute Gasteiger partial charge is 0.0547 e. The zero-order chi connectivity index (χ0) is 87.0. The Labute approximate surface area is 760 Å². The summed E-state index contributed by atoms with van der Waals surface area (Å²) in [5, 5.41) is 5.01. The number of hydrogen-bond acceptors (Lipinski definition) is 2. The van der Waals surface area contributed by atoms with E-state index in [0.29, 0.717) is 0 Å². The number of fused-ring (bicyclic) bond motifs is 12. The second-order valence-corrected chi connectivity index (χ2v) is 35.5. The first-order chi connectivity index (χ1) is 64.0. The van der Waals surface area contributed by atoms with E-state index in [9.17, 15) is 0 Å². The van der Waals surface area contributed by atoms with E-state index in [2.05, 4.69) is 532 Å². The largest absolute Gasteiger partial charge is 0.310 e. The van der Waals surface area contributed by atoms with Crippen molar-refractivity contribution in [2.75, 3.05) is 9.80 Å². The van der Waals surface area contributed by atoms with Gasteiger partial charge < -0.3 is 18.9 Å². The van der Waals surface area contributed by atoms with E-state index in [1.165, 1.54) is 166 Å². The van der Waals surface area contributed by atoms with Crippen molar-refractivity contribution < 1.29 is 0 Å². The average Bonchev–Trinajstić information content (AvgIpc) is 1.57. The summed E-state index contributed by atoms with van der Waals surface area (Å²) in [4.78, 5) is 4.78. The highest BCUT2D eigenvalue weighted by atomic mass is 15.2. The van der Waals surface area contributed by atoms with Gasteiger partial charge in [-0.05, 0) is 250 Å². The standard InChI is InChI=1S/2C63H46N2/c1-63(2)58-28-12-9-26-54(58)57-42-52(36-38-59(57)63)65-61-30-14-11-27-55(61)56-37-33-48(41-62(56)65)47-21-16-22-49(40-47)53-25-10-13-29-60(53)64(50-23-7-4-8-24-50)51-34-31-44(32-35-51)46-20-15-19-45(39-46)43-17-5-3-6-18-43;1-63(2)58-25-12-9-23-54(58)57-42-52(37-39-59(57)63)65-61-27-14-11-24-55(61)56-38-32-48(41-62(56)65)47-20-15-21-49(40-47)53-22-10-13-26-60(53)64(50-33-28-45(29-34-50)43-16-5-3-6-17-43)51-35-30-46(31-36-51)44-18-7-4-8-19-44/h2*3-42H,1-2H3. The third-order valence-electron chi connectivity index (χ3n) is 27.2. The maximum atomic E-state index is 2.46. The molecule has 2 aliphatic carbocycles. The van der Waals surface area contributed by atoms with Crippen LogP contribution in [0.4, 0.5) is 34.1 Å². The van der Waals surface area contributed by atoms with Crippen molar-refractivity contribution in [2.45, 2.75) is 38.5 Å². The molecular formula is C126H92N4. The molecule has 616 valence electrons. The molecule has 0 amide bonds. The molecule has 24 rings (SSSR count). The van der Waals surface area contributed by atoms with Gasteiger partial charge in [-0.1, -0.05) is 386 Å². The Bertz CT molecular complexity index is 7970. The second kappa shape index (κ2) is 32.5. The van der Waals surface area contributed by atoms with Crippen molar-refractivity contribution in [1.82, 2.24) is 9.13 Å². The predicted molar refractivity (Wildman–Crippen MR) is 550 cm³/mol. The molecule has 2 aromatic heterocycles. The summed E-state index contributed by atoms with van der Waals surface area (Å²) in [6.07, 6.45) is 0. The summed E-state index contributed by atoms with van der Waals surface area (Å²) < 4.78 is 4.93. The van der Waals surface area contributed by atoms with Crippen LogP contribution in [0.25, 0.3) is 166 Å². The van der Waals surface area contributed by atoms with Gasteiger partial charge in [-0.15, -0.1) is 0 Å². The normalized spacial score (nSPS) is 12.6. The second-order valence-electron chi connectivity index (χ2n) is 35.5. The van der Waals surface area contributed by atoms with Gasteiger partial charge in [-0.25, -0.2) is 0 Å². The zero-order valence-corrected chi connectivity index (χ0v) is 73.0. The summed E-state index contributed by atoms with van der Waals surface area (Å²) in [5.74, 6) is 0. The van der Waals surface area contributed by atoms with Gasteiger partial charge in [0.25, 0.3) is 0 Å². The fourth-order valence-corrected chi connectivity index (χ4v) is 20.7. The van der Waals surface area contributed by atoms with Crippen molar-refractivity contribution in [3.63, 3.8) is 0 Å². The Balaban J connectivity index is 0.000000148. The predicted octanol–water partition coefficient (Wildman–Crippen LogP) is 34.5. The Morgan fingerprint density at radius 2 is 0.423 bits per heavy atom. The van der Waals surface area contributed by atoms with Crippen LogP contribution in [-0.4, -0.2) is 9.13 Å². The van der Waals surface area contributed by atoms with E-state index in [0.717, 1.165) is 56.4 Å². The van der Waals surface area contributed by atoms with Crippen molar-refractivity contribution in [1.29, 1.82) is 0 Å². The summed E-state index contributed by atoms with van der Waals surface area (Å²) in [6, 6.07) is 178. The van der Waals surface area contributed by atoms with Gasteiger partial charge in [0.2, 0.25) is 0 Å². The van der Waals surface area contributed by atoms with Crippen molar-refractivity contribution in [3.05, 3.63) is 508 Å². The lowest BCUT2D eigenvalue weighted by atomic mass is 9.82. The summed E-state index contributed by atoms with van der Waals surface area (Å²) in [6.45, 7) is 9.39. The Hall–Kier alpha value is -16.4. The van der Waals surface area contributed by atoms with Gasteiger partial charge in [-0.3, -0.25) is 0 Å². The van der Waals surface area contributed by atoms with Gasteiger partial charge in [-0.2, -0.15) is 0 Å². The molecule has 4 nitrogen and oxygen atoms in total. The quantitative estimate of drug-likeness (QED) is 0.0959. The molecule has 2 aliphatic rings. The first kappa shape index (κ1) is 78.3.